The molecule has 2 aromatic carbocycles. The number of carbonyl (C=O) groups excluding carboxylic acids is 2. The summed E-state index contributed by atoms with van der Waals surface area (Å²) in [6, 6.07) is 13.4. The van der Waals surface area contributed by atoms with Crippen LogP contribution in [0.3, 0.4) is 0 Å². The number of anilines is 2. The molecule has 156 valence electrons. The minimum absolute atomic E-state index is 0.0554. The molecule has 30 heavy (non-hydrogen) atoms. The highest BCUT2D eigenvalue weighted by molar-refractivity contribution is 7.14. The average molecular weight is 423 g/mol. The van der Waals surface area contributed by atoms with E-state index in [1.54, 1.807) is 17.0 Å². The van der Waals surface area contributed by atoms with Crippen LogP contribution in [0.2, 0.25) is 0 Å². The molecule has 6 heteroatoms. The summed E-state index contributed by atoms with van der Waals surface area (Å²) in [6.07, 6.45) is 0. The van der Waals surface area contributed by atoms with Crippen molar-refractivity contribution in [3.05, 3.63) is 75.8 Å². The van der Waals surface area contributed by atoms with Crippen LogP contribution in [-0.4, -0.2) is 16.9 Å². The van der Waals surface area contributed by atoms with Crippen LogP contribution >= 0.6 is 11.3 Å². The molecule has 0 aliphatic rings. The van der Waals surface area contributed by atoms with Gasteiger partial charge in [0.2, 0.25) is 5.91 Å². The first-order valence-electron chi connectivity index (χ1n) is 9.85. The third kappa shape index (κ3) is 4.94. The normalized spacial score (nSPS) is 10.9. The van der Waals surface area contributed by atoms with Gasteiger partial charge in [-0.3, -0.25) is 9.69 Å². The summed E-state index contributed by atoms with van der Waals surface area (Å²) in [6.45, 7) is 9.77. The maximum atomic E-state index is 12.3. The summed E-state index contributed by atoms with van der Waals surface area (Å²) in [7, 11) is 0. The molecule has 1 aromatic heterocycles. The zero-order valence-corrected chi connectivity index (χ0v) is 18.7. The van der Waals surface area contributed by atoms with E-state index in [4.69, 9.17) is 4.74 Å². The second-order valence-corrected chi connectivity index (χ2v) is 8.46. The smallest absolute Gasteiger partial charge is 0.338 e. The van der Waals surface area contributed by atoms with Gasteiger partial charge in [0.05, 0.1) is 16.9 Å². The van der Waals surface area contributed by atoms with E-state index < -0.39 is 5.97 Å². The van der Waals surface area contributed by atoms with Crippen LogP contribution < -0.4 is 4.90 Å². The van der Waals surface area contributed by atoms with E-state index in [-0.39, 0.29) is 12.5 Å². The highest BCUT2D eigenvalue weighted by Gasteiger charge is 2.20. The van der Waals surface area contributed by atoms with E-state index >= 15 is 0 Å². The minimum atomic E-state index is -0.391. The third-order valence-electron chi connectivity index (χ3n) is 4.80. The average Bonchev–Trinajstić information content (AvgIpc) is 3.16. The number of benzene rings is 2. The Kier molecular flexibility index (Phi) is 6.67. The summed E-state index contributed by atoms with van der Waals surface area (Å²) in [4.78, 5) is 30.8. The van der Waals surface area contributed by atoms with Crippen molar-refractivity contribution in [1.82, 2.24) is 4.98 Å². The third-order valence-corrected chi connectivity index (χ3v) is 5.68. The Morgan fingerprint density at radius 2 is 1.80 bits per heavy atom. The molecule has 0 N–H and O–H groups in total. The maximum absolute atomic E-state index is 12.3. The summed E-state index contributed by atoms with van der Waals surface area (Å²) in [5.74, 6) is -0.104. The second-order valence-electron chi connectivity index (χ2n) is 7.62. The molecule has 0 radical (unpaired) electrons. The lowest BCUT2D eigenvalue weighted by Crippen LogP contribution is -2.23. The Hall–Kier alpha value is -2.99. The van der Waals surface area contributed by atoms with Crippen molar-refractivity contribution in [3.63, 3.8) is 0 Å². The number of hydrogen-bond acceptors (Lipinski definition) is 5. The van der Waals surface area contributed by atoms with Gasteiger partial charge >= 0.3 is 5.97 Å². The van der Waals surface area contributed by atoms with Crippen LogP contribution in [0.4, 0.5) is 10.8 Å². The molecular formula is C24H26N2O3S. The Bertz CT molecular complexity index is 1050. The van der Waals surface area contributed by atoms with Gasteiger partial charge in [0, 0.05) is 12.3 Å². The summed E-state index contributed by atoms with van der Waals surface area (Å²) >= 11 is 1.35. The number of hydrogen-bond donors (Lipinski definition) is 0. The van der Waals surface area contributed by atoms with Crippen LogP contribution in [0.15, 0.2) is 47.8 Å². The molecule has 0 saturated carbocycles. The molecule has 1 amide bonds. The Labute approximate surface area is 181 Å². The van der Waals surface area contributed by atoms with Crippen molar-refractivity contribution in [2.45, 2.75) is 47.1 Å². The quantitative estimate of drug-likeness (QED) is 0.462. The largest absolute Gasteiger partial charge is 0.456 e. The van der Waals surface area contributed by atoms with Crippen molar-refractivity contribution in [1.29, 1.82) is 0 Å². The number of aryl methyl sites for hydroxylation is 2. The second kappa shape index (κ2) is 9.22. The predicted octanol–water partition coefficient (Wildman–Crippen LogP) is 5.92. The van der Waals surface area contributed by atoms with E-state index in [1.807, 2.05) is 49.6 Å². The van der Waals surface area contributed by atoms with Gasteiger partial charge in [0.15, 0.2) is 5.13 Å². The van der Waals surface area contributed by atoms with Crippen LogP contribution in [0, 0.1) is 13.8 Å². The highest BCUT2D eigenvalue weighted by Crippen LogP contribution is 2.32. The van der Waals surface area contributed by atoms with Gasteiger partial charge in [0.25, 0.3) is 0 Å². The zero-order chi connectivity index (χ0) is 21.8. The molecule has 0 spiro atoms. The number of ether oxygens (including phenoxy) is 1. The van der Waals surface area contributed by atoms with Crippen LogP contribution in [0.1, 0.15) is 59.4 Å². The first kappa shape index (κ1) is 21.7. The Morgan fingerprint density at radius 3 is 2.40 bits per heavy atom. The van der Waals surface area contributed by atoms with Gasteiger partial charge in [-0.2, -0.15) is 0 Å². The molecule has 0 unspecified atom stereocenters. The van der Waals surface area contributed by atoms with E-state index in [2.05, 4.69) is 18.8 Å². The number of esters is 1. The van der Waals surface area contributed by atoms with E-state index in [0.29, 0.717) is 22.3 Å². The molecule has 0 saturated heterocycles. The first-order chi connectivity index (χ1) is 14.3. The standard InChI is InChI=1S/C24H26N2O3S/c1-15(2)19-7-9-20(10-8-19)23(28)29-13-21-14-30-24(25-21)26(18(5)27)22-11-6-16(3)12-17(22)4/h6-12,14-15H,13H2,1-5H3. The molecular weight excluding hydrogens is 396 g/mol. The molecule has 0 aliphatic heterocycles. The fourth-order valence-corrected chi connectivity index (χ4v) is 4.02. The first-order valence-corrected chi connectivity index (χ1v) is 10.7. The van der Waals surface area contributed by atoms with Crippen LogP contribution in [-0.2, 0) is 16.1 Å². The number of carbonyl (C=O) groups is 2. The van der Waals surface area contributed by atoms with Gasteiger partial charge in [-0.15, -0.1) is 11.3 Å². The van der Waals surface area contributed by atoms with Crippen molar-refractivity contribution >= 4 is 34.0 Å². The molecule has 1 heterocycles. The molecule has 3 aromatic rings. The monoisotopic (exact) mass is 422 g/mol. The van der Waals surface area contributed by atoms with Gasteiger partial charge in [0.1, 0.15) is 6.61 Å². The van der Waals surface area contributed by atoms with Gasteiger partial charge < -0.3 is 4.74 Å². The molecule has 5 nitrogen and oxygen atoms in total. The number of nitrogens with zero attached hydrogens (tertiary/aromatic N) is 2. The van der Waals surface area contributed by atoms with Crippen LogP contribution in [0.5, 0.6) is 0 Å². The van der Waals surface area contributed by atoms with Crippen molar-refractivity contribution < 1.29 is 14.3 Å². The lowest BCUT2D eigenvalue weighted by molar-refractivity contribution is -0.115. The summed E-state index contributed by atoms with van der Waals surface area (Å²) in [5.41, 5.74) is 5.22. The summed E-state index contributed by atoms with van der Waals surface area (Å²) in [5, 5.41) is 2.37. The number of amides is 1. The SMILES string of the molecule is CC(=O)N(c1nc(COC(=O)c2ccc(C(C)C)cc2)cs1)c1ccc(C)cc1C. The lowest BCUT2D eigenvalue weighted by atomic mass is 10.0. The fourth-order valence-electron chi connectivity index (χ4n) is 3.16. The predicted molar refractivity (Wildman–Crippen MR) is 121 cm³/mol. The van der Waals surface area contributed by atoms with E-state index in [1.165, 1.54) is 23.8 Å². The fraction of sp³-hybridized carbons (Fsp3) is 0.292. The van der Waals surface area contributed by atoms with Gasteiger partial charge in [-0.25, -0.2) is 9.78 Å². The number of aromatic nitrogens is 1. The van der Waals surface area contributed by atoms with Crippen molar-refractivity contribution in [2.24, 2.45) is 0 Å². The Morgan fingerprint density at radius 1 is 1.10 bits per heavy atom. The van der Waals surface area contributed by atoms with Crippen molar-refractivity contribution in [3.8, 4) is 0 Å². The molecule has 0 aliphatic carbocycles. The molecule has 3 rings (SSSR count). The van der Waals surface area contributed by atoms with Gasteiger partial charge in [-0.05, 0) is 49.1 Å². The lowest BCUT2D eigenvalue weighted by Gasteiger charge is -2.20. The minimum Gasteiger partial charge on any atom is -0.456 e. The molecule has 0 bridgehead atoms. The van der Waals surface area contributed by atoms with Gasteiger partial charge in [-0.1, -0.05) is 43.7 Å². The van der Waals surface area contributed by atoms with E-state index in [9.17, 15) is 9.59 Å². The number of thiazole rings is 1. The Balaban J connectivity index is 1.71. The molecule has 0 fully saturated rings. The van der Waals surface area contributed by atoms with E-state index in [0.717, 1.165) is 16.8 Å². The highest BCUT2D eigenvalue weighted by atomic mass is 32.1. The molecule has 0 atom stereocenters. The number of rotatable bonds is 6. The summed E-state index contributed by atoms with van der Waals surface area (Å²) < 4.78 is 5.41. The topological polar surface area (TPSA) is 59.5 Å². The van der Waals surface area contributed by atoms with Crippen LogP contribution in [0.25, 0.3) is 0 Å². The maximum Gasteiger partial charge on any atom is 0.338 e. The zero-order valence-electron chi connectivity index (χ0n) is 17.9. The van der Waals surface area contributed by atoms with Crippen molar-refractivity contribution in [2.75, 3.05) is 4.90 Å².